The van der Waals surface area contributed by atoms with Crippen LogP contribution in [0.3, 0.4) is 0 Å². The molecule has 18 heavy (non-hydrogen) atoms. The summed E-state index contributed by atoms with van der Waals surface area (Å²) >= 11 is 5.88. The lowest BCUT2D eigenvalue weighted by Gasteiger charge is -2.36. The van der Waals surface area contributed by atoms with Gasteiger partial charge in [0.2, 0.25) is 0 Å². The summed E-state index contributed by atoms with van der Waals surface area (Å²) in [6, 6.07) is 5.21. The van der Waals surface area contributed by atoms with E-state index in [-0.39, 0.29) is 17.9 Å². The van der Waals surface area contributed by atoms with E-state index < -0.39 is 0 Å². The van der Waals surface area contributed by atoms with Crippen LogP contribution in [0.2, 0.25) is 5.02 Å². The van der Waals surface area contributed by atoms with E-state index in [0.29, 0.717) is 11.6 Å². The summed E-state index contributed by atoms with van der Waals surface area (Å²) in [4.78, 5) is 0. The number of hydrogen-bond acceptors (Lipinski definition) is 3. The molecule has 4 heteroatoms. The van der Waals surface area contributed by atoms with Crippen molar-refractivity contribution in [3.05, 3.63) is 28.8 Å². The van der Waals surface area contributed by atoms with Crippen LogP contribution >= 0.6 is 11.6 Å². The van der Waals surface area contributed by atoms with Crippen molar-refractivity contribution in [2.45, 2.75) is 44.2 Å². The second-order valence-electron chi connectivity index (χ2n) is 5.14. The van der Waals surface area contributed by atoms with Gasteiger partial charge in [-0.2, -0.15) is 0 Å². The maximum Gasteiger partial charge on any atom is 0.134 e. The molecule has 3 N–H and O–H groups in total. The SMILES string of the molecule is OCC1(NCc2ccc(O)c(Cl)c2)CCCCC1. The number of phenolic OH excluding ortho intramolecular Hbond substituents is 1. The molecule has 0 bridgehead atoms. The third-order valence-corrected chi connectivity index (χ3v) is 4.10. The highest BCUT2D eigenvalue weighted by molar-refractivity contribution is 6.32. The van der Waals surface area contributed by atoms with Crippen LogP contribution in [0, 0.1) is 0 Å². The summed E-state index contributed by atoms with van der Waals surface area (Å²) in [7, 11) is 0. The fourth-order valence-electron chi connectivity index (χ4n) is 2.57. The molecule has 0 aromatic heterocycles. The Balaban J connectivity index is 1.98. The van der Waals surface area contributed by atoms with E-state index in [1.165, 1.54) is 19.3 Å². The Morgan fingerprint density at radius 1 is 1.22 bits per heavy atom. The summed E-state index contributed by atoms with van der Waals surface area (Å²) < 4.78 is 0. The predicted molar refractivity (Wildman–Crippen MR) is 72.9 cm³/mol. The second-order valence-corrected chi connectivity index (χ2v) is 5.55. The fourth-order valence-corrected chi connectivity index (χ4v) is 2.77. The monoisotopic (exact) mass is 269 g/mol. The first-order chi connectivity index (χ1) is 8.65. The first-order valence-corrected chi connectivity index (χ1v) is 6.86. The highest BCUT2D eigenvalue weighted by Crippen LogP contribution is 2.29. The third-order valence-electron chi connectivity index (χ3n) is 3.79. The smallest absolute Gasteiger partial charge is 0.134 e. The van der Waals surface area contributed by atoms with E-state index in [4.69, 9.17) is 11.6 Å². The van der Waals surface area contributed by atoms with Crippen LogP contribution in [-0.4, -0.2) is 22.4 Å². The molecule has 1 aromatic carbocycles. The van der Waals surface area contributed by atoms with Gasteiger partial charge in [0.1, 0.15) is 5.75 Å². The lowest BCUT2D eigenvalue weighted by molar-refractivity contribution is 0.119. The van der Waals surface area contributed by atoms with Gasteiger partial charge in [0.05, 0.1) is 11.6 Å². The van der Waals surface area contributed by atoms with Crippen molar-refractivity contribution < 1.29 is 10.2 Å². The van der Waals surface area contributed by atoms with Crippen LogP contribution in [0.25, 0.3) is 0 Å². The molecule has 0 atom stereocenters. The maximum absolute atomic E-state index is 9.59. The second kappa shape index (κ2) is 5.91. The highest BCUT2D eigenvalue weighted by Gasteiger charge is 2.30. The van der Waals surface area contributed by atoms with Crippen LogP contribution < -0.4 is 5.32 Å². The molecule has 2 rings (SSSR count). The number of nitrogens with one attached hydrogen (secondary N) is 1. The Hall–Kier alpha value is -0.770. The van der Waals surface area contributed by atoms with Gasteiger partial charge in [0.25, 0.3) is 0 Å². The van der Waals surface area contributed by atoms with E-state index in [1.807, 2.05) is 6.07 Å². The van der Waals surface area contributed by atoms with Gasteiger partial charge in [0, 0.05) is 12.1 Å². The number of rotatable bonds is 4. The number of hydrogen-bond donors (Lipinski definition) is 3. The summed E-state index contributed by atoms with van der Waals surface area (Å²) in [5.41, 5.74) is 0.888. The van der Waals surface area contributed by atoms with Crippen molar-refractivity contribution >= 4 is 11.6 Å². The molecule has 1 fully saturated rings. The van der Waals surface area contributed by atoms with Gasteiger partial charge >= 0.3 is 0 Å². The Morgan fingerprint density at radius 2 is 1.94 bits per heavy atom. The number of aliphatic hydroxyl groups is 1. The number of phenols is 1. The summed E-state index contributed by atoms with van der Waals surface area (Å²) in [6.07, 6.45) is 5.65. The van der Waals surface area contributed by atoms with E-state index in [9.17, 15) is 10.2 Å². The van der Waals surface area contributed by atoms with Gasteiger partial charge in [0.15, 0.2) is 0 Å². The molecule has 0 radical (unpaired) electrons. The van der Waals surface area contributed by atoms with Crippen molar-refractivity contribution in [3.8, 4) is 5.75 Å². The van der Waals surface area contributed by atoms with Crippen molar-refractivity contribution in [2.24, 2.45) is 0 Å². The molecule has 100 valence electrons. The Kier molecular flexibility index (Phi) is 4.49. The lowest BCUT2D eigenvalue weighted by atomic mass is 9.82. The van der Waals surface area contributed by atoms with E-state index in [1.54, 1.807) is 12.1 Å². The Labute approximate surface area is 113 Å². The normalized spacial score (nSPS) is 18.8. The molecule has 1 aliphatic rings. The quantitative estimate of drug-likeness (QED) is 0.788. The average Bonchev–Trinajstić information content (AvgIpc) is 2.41. The first kappa shape index (κ1) is 13.7. The zero-order chi connectivity index (χ0) is 13.0. The van der Waals surface area contributed by atoms with Gasteiger partial charge in [-0.3, -0.25) is 0 Å². The fraction of sp³-hybridized carbons (Fsp3) is 0.571. The van der Waals surface area contributed by atoms with Gasteiger partial charge < -0.3 is 15.5 Å². The molecule has 1 aromatic rings. The number of halogens is 1. The van der Waals surface area contributed by atoms with Crippen LogP contribution in [0.15, 0.2) is 18.2 Å². The van der Waals surface area contributed by atoms with E-state index in [2.05, 4.69) is 5.32 Å². The standard InChI is InChI=1S/C14H20ClNO2/c15-12-8-11(4-5-13(12)18)9-16-14(10-17)6-2-1-3-7-14/h4-5,8,16-18H,1-3,6-7,9-10H2. The molecule has 0 heterocycles. The van der Waals surface area contributed by atoms with Crippen LogP contribution in [0.5, 0.6) is 5.75 Å². The zero-order valence-electron chi connectivity index (χ0n) is 10.5. The van der Waals surface area contributed by atoms with Crippen LogP contribution in [-0.2, 0) is 6.54 Å². The Bertz CT molecular complexity index is 403. The van der Waals surface area contributed by atoms with Crippen LogP contribution in [0.4, 0.5) is 0 Å². The summed E-state index contributed by atoms with van der Waals surface area (Å²) in [5, 5.41) is 22.8. The lowest BCUT2D eigenvalue weighted by Crippen LogP contribution is -2.49. The topological polar surface area (TPSA) is 52.5 Å². The minimum Gasteiger partial charge on any atom is -0.506 e. The van der Waals surface area contributed by atoms with Crippen molar-refractivity contribution in [2.75, 3.05) is 6.61 Å². The van der Waals surface area contributed by atoms with Crippen LogP contribution in [0.1, 0.15) is 37.7 Å². The molecule has 0 amide bonds. The van der Waals surface area contributed by atoms with Gasteiger partial charge in [-0.25, -0.2) is 0 Å². The van der Waals surface area contributed by atoms with Crippen molar-refractivity contribution in [1.82, 2.24) is 5.32 Å². The molecule has 0 unspecified atom stereocenters. The molecule has 0 saturated heterocycles. The molecular weight excluding hydrogens is 250 g/mol. The molecule has 0 aliphatic heterocycles. The highest BCUT2D eigenvalue weighted by atomic mass is 35.5. The van der Waals surface area contributed by atoms with Gasteiger partial charge in [-0.1, -0.05) is 36.9 Å². The summed E-state index contributed by atoms with van der Waals surface area (Å²) in [5.74, 6) is 0.106. The molecule has 0 spiro atoms. The number of aromatic hydroxyl groups is 1. The predicted octanol–water partition coefficient (Wildman–Crippen LogP) is 2.83. The minimum absolute atomic E-state index is 0.106. The number of benzene rings is 1. The van der Waals surface area contributed by atoms with Crippen molar-refractivity contribution in [1.29, 1.82) is 0 Å². The Morgan fingerprint density at radius 3 is 2.56 bits per heavy atom. The molecular formula is C14H20ClNO2. The van der Waals surface area contributed by atoms with Gasteiger partial charge in [-0.15, -0.1) is 0 Å². The van der Waals surface area contributed by atoms with Crippen molar-refractivity contribution in [3.63, 3.8) is 0 Å². The largest absolute Gasteiger partial charge is 0.506 e. The minimum atomic E-state index is -0.136. The number of aliphatic hydroxyl groups excluding tert-OH is 1. The van der Waals surface area contributed by atoms with E-state index in [0.717, 1.165) is 18.4 Å². The third kappa shape index (κ3) is 3.16. The average molecular weight is 270 g/mol. The summed E-state index contributed by atoms with van der Waals surface area (Å²) in [6.45, 7) is 0.847. The maximum atomic E-state index is 9.59. The van der Waals surface area contributed by atoms with E-state index >= 15 is 0 Å². The first-order valence-electron chi connectivity index (χ1n) is 6.48. The molecule has 1 saturated carbocycles. The zero-order valence-corrected chi connectivity index (χ0v) is 11.2. The van der Waals surface area contributed by atoms with Gasteiger partial charge in [-0.05, 0) is 30.5 Å². The molecule has 3 nitrogen and oxygen atoms in total. The molecule has 1 aliphatic carbocycles.